The molecule has 0 heterocycles. The lowest BCUT2D eigenvalue weighted by atomic mass is 10.2. The summed E-state index contributed by atoms with van der Waals surface area (Å²) in [6.07, 6.45) is 0. The smallest absolute Gasteiger partial charge is 0.315 e. The quantitative estimate of drug-likeness (QED) is 0.639. The highest BCUT2D eigenvalue weighted by Crippen LogP contribution is 2.38. The van der Waals surface area contributed by atoms with Gasteiger partial charge in [0.15, 0.2) is 0 Å². The fourth-order valence-corrected chi connectivity index (χ4v) is 2.37. The molecule has 0 fully saturated rings. The number of rotatable bonds is 6. The van der Waals surface area contributed by atoms with E-state index in [-0.39, 0.29) is 10.6 Å². The van der Waals surface area contributed by atoms with Crippen molar-refractivity contribution in [3.05, 3.63) is 58.6 Å². The molecule has 0 amide bonds. The molecule has 0 bridgehead atoms. The summed E-state index contributed by atoms with van der Waals surface area (Å²) in [5, 5.41) is 14.6. The molecule has 0 unspecified atom stereocenters. The minimum absolute atomic E-state index is 0.116. The van der Waals surface area contributed by atoms with Gasteiger partial charge in [-0.3, -0.25) is 10.1 Å². The first-order chi connectivity index (χ1) is 10.2. The summed E-state index contributed by atoms with van der Waals surface area (Å²) in [5.74, 6) is 0. The molecule has 0 aliphatic carbocycles. The van der Waals surface area contributed by atoms with Crippen LogP contribution in [0.4, 0.5) is 22.7 Å². The number of nitrogens with one attached hydrogen (secondary N) is 1. The van der Waals surface area contributed by atoms with Crippen molar-refractivity contribution in [2.24, 2.45) is 0 Å². The van der Waals surface area contributed by atoms with Gasteiger partial charge >= 0.3 is 5.69 Å². The van der Waals surface area contributed by atoms with Crippen LogP contribution in [-0.2, 0) is 0 Å². The molecule has 5 heteroatoms. The Labute approximate surface area is 124 Å². The van der Waals surface area contributed by atoms with Crippen molar-refractivity contribution in [1.29, 1.82) is 0 Å². The summed E-state index contributed by atoms with van der Waals surface area (Å²) in [4.78, 5) is 13.1. The third kappa shape index (κ3) is 3.13. The number of anilines is 3. The molecule has 0 saturated carbocycles. The number of nitro benzene ring substituents is 1. The summed E-state index contributed by atoms with van der Waals surface area (Å²) in [6, 6.07) is 15.1. The lowest BCUT2D eigenvalue weighted by Gasteiger charge is -2.23. The van der Waals surface area contributed by atoms with Gasteiger partial charge in [0.1, 0.15) is 11.4 Å². The molecule has 0 atom stereocenters. The number of hydrogen-bond donors (Lipinski definition) is 1. The Hall–Kier alpha value is -2.56. The standard InChI is InChI=1S/C16H19N3O2/c1-3-17-14-11-8-12-15(16(14)19(20)21)18(4-2)13-9-6-5-7-10-13/h5-12,17H,3-4H2,1-2H3. The van der Waals surface area contributed by atoms with Crippen LogP contribution in [0, 0.1) is 10.1 Å². The molecule has 2 aromatic carbocycles. The van der Waals surface area contributed by atoms with Crippen molar-refractivity contribution in [2.75, 3.05) is 23.3 Å². The Bertz CT molecular complexity index is 614. The van der Waals surface area contributed by atoms with E-state index in [1.54, 1.807) is 12.1 Å². The SMILES string of the molecule is CCNc1cccc(N(CC)c2ccccc2)c1[N+](=O)[O-]. The highest BCUT2D eigenvalue weighted by Gasteiger charge is 2.23. The Morgan fingerprint density at radius 3 is 2.38 bits per heavy atom. The maximum Gasteiger partial charge on any atom is 0.315 e. The molecule has 2 rings (SSSR count). The lowest BCUT2D eigenvalue weighted by molar-refractivity contribution is -0.383. The van der Waals surface area contributed by atoms with Gasteiger partial charge in [-0.2, -0.15) is 0 Å². The zero-order chi connectivity index (χ0) is 15.2. The third-order valence-corrected chi connectivity index (χ3v) is 3.24. The van der Waals surface area contributed by atoms with Crippen LogP contribution in [0.2, 0.25) is 0 Å². The minimum atomic E-state index is -0.321. The van der Waals surface area contributed by atoms with Crippen molar-refractivity contribution < 1.29 is 4.92 Å². The molecular formula is C16H19N3O2. The molecule has 1 N–H and O–H groups in total. The van der Waals surface area contributed by atoms with Gasteiger partial charge < -0.3 is 10.2 Å². The summed E-state index contributed by atoms with van der Waals surface area (Å²) < 4.78 is 0. The van der Waals surface area contributed by atoms with Gasteiger partial charge in [-0.1, -0.05) is 24.3 Å². The molecule has 0 aliphatic heterocycles. The zero-order valence-corrected chi connectivity index (χ0v) is 12.2. The first-order valence-corrected chi connectivity index (χ1v) is 7.02. The molecule has 21 heavy (non-hydrogen) atoms. The molecule has 5 nitrogen and oxygen atoms in total. The summed E-state index contributed by atoms with van der Waals surface area (Å²) >= 11 is 0. The zero-order valence-electron chi connectivity index (χ0n) is 12.2. The molecule has 110 valence electrons. The van der Waals surface area contributed by atoms with Crippen molar-refractivity contribution in [1.82, 2.24) is 0 Å². The van der Waals surface area contributed by atoms with E-state index in [1.165, 1.54) is 0 Å². The van der Waals surface area contributed by atoms with Gasteiger partial charge in [-0.05, 0) is 38.1 Å². The normalized spacial score (nSPS) is 10.2. The second kappa shape index (κ2) is 6.74. The molecule has 0 saturated heterocycles. The van der Waals surface area contributed by atoms with Crippen molar-refractivity contribution in [3.63, 3.8) is 0 Å². The van der Waals surface area contributed by atoms with Crippen molar-refractivity contribution >= 4 is 22.7 Å². The van der Waals surface area contributed by atoms with Crippen LogP contribution in [0.3, 0.4) is 0 Å². The van der Waals surface area contributed by atoms with Crippen LogP contribution in [0.25, 0.3) is 0 Å². The van der Waals surface area contributed by atoms with E-state index in [2.05, 4.69) is 5.32 Å². The van der Waals surface area contributed by atoms with Gasteiger partial charge in [0, 0.05) is 18.8 Å². The van der Waals surface area contributed by atoms with E-state index in [0.29, 0.717) is 24.5 Å². The average molecular weight is 285 g/mol. The Kier molecular flexibility index (Phi) is 4.77. The fraction of sp³-hybridized carbons (Fsp3) is 0.250. The van der Waals surface area contributed by atoms with Gasteiger partial charge in [-0.25, -0.2) is 0 Å². The first-order valence-electron chi connectivity index (χ1n) is 7.02. The van der Waals surface area contributed by atoms with Crippen molar-refractivity contribution in [3.8, 4) is 0 Å². The van der Waals surface area contributed by atoms with Crippen LogP contribution in [0.15, 0.2) is 48.5 Å². The number of hydrogen-bond acceptors (Lipinski definition) is 4. The highest BCUT2D eigenvalue weighted by molar-refractivity contribution is 5.81. The second-order valence-electron chi connectivity index (χ2n) is 4.54. The second-order valence-corrected chi connectivity index (χ2v) is 4.54. The lowest BCUT2D eigenvalue weighted by Crippen LogP contribution is -2.18. The first kappa shape index (κ1) is 14.8. The van der Waals surface area contributed by atoms with Crippen LogP contribution >= 0.6 is 0 Å². The average Bonchev–Trinajstić information content (AvgIpc) is 2.49. The van der Waals surface area contributed by atoms with E-state index < -0.39 is 0 Å². The largest absolute Gasteiger partial charge is 0.380 e. The van der Waals surface area contributed by atoms with E-state index in [0.717, 1.165) is 5.69 Å². The highest BCUT2D eigenvalue weighted by atomic mass is 16.6. The summed E-state index contributed by atoms with van der Waals surface area (Å²) in [7, 11) is 0. The van der Waals surface area contributed by atoms with E-state index >= 15 is 0 Å². The molecule has 0 spiro atoms. The summed E-state index contributed by atoms with van der Waals surface area (Å²) in [5.41, 5.74) is 2.21. The van der Waals surface area contributed by atoms with Crippen LogP contribution in [0.5, 0.6) is 0 Å². The minimum Gasteiger partial charge on any atom is -0.380 e. The summed E-state index contributed by atoms with van der Waals surface area (Å²) in [6.45, 7) is 5.20. The molecular weight excluding hydrogens is 266 g/mol. The predicted octanol–water partition coefficient (Wildman–Crippen LogP) is 4.18. The van der Waals surface area contributed by atoms with Gasteiger partial charge in [0.05, 0.1) is 4.92 Å². The fourth-order valence-electron chi connectivity index (χ4n) is 2.37. The number of para-hydroxylation sites is 2. The Morgan fingerprint density at radius 2 is 1.81 bits per heavy atom. The van der Waals surface area contributed by atoms with E-state index in [9.17, 15) is 10.1 Å². The predicted molar refractivity (Wildman–Crippen MR) is 86.4 cm³/mol. The number of nitro groups is 1. The van der Waals surface area contributed by atoms with Crippen LogP contribution < -0.4 is 10.2 Å². The third-order valence-electron chi connectivity index (χ3n) is 3.24. The van der Waals surface area contributed by atoms with Gasteiger partial charge in [-0.15, -0.1) is 0 Å². The van der Waals surface area contributed by atoms with E-state index in [4.69, 9.17) is 0 Å². The Balaban J connectivity index is 2.56. The van der Waals surface area contributed by atoms with Gasteiger partial charge in [0.25, 0.3) is 0 Å². The van der Waals surface area contributed by atoms with E-state index in [1.807, 2.05) is 55.1 Å². The maximum absolute atomic E-state index is 11.5. The van der Waals surface area contributed by atoms with Gasteiger partial charge in [0.2, 0.25) is 0 Å². The molecule has 0 radical (unpaired) electrons. The van der Waals surface area contributed by atoms with Crippen LogP contribution in [-0.4, -0.2) is 18.0 Å². The molecule has 0 aliphatic rings. The molecule has 0 aromatic heterocycles. The number of benzene rings is 2. The molecule has 2 aromatic rings. The topological polar surface area (TPSA) is 58.4 Å². The monoisotopic (exact) mass is 285 g/mol. The van der Waals surface area contributed by atoms with Crippen LogP contribution in [0.1, 0.15) is 13.8 Å². The maximum atomic E-state index is 11.5. The van der Waals surface area contributed by atoms with Crippen molar-refractivity contribution in [2.45, 2.75) is 13.8 Å². The Morgan fingerprint density at radius 1 is 1.10 bits per heavy atom. The number of nitrogens with zero attached hydrogens (tertiary/aromatic N) is 2.